The van der Waals surface area contributed by atoms with Crippen LogP contribution in [0, 0.1) is 0 Å². The lowest BCUT2D eigenvalue weighted by molar-refractivity contribution is 0.0722. The summed E-state index contributed by atoms with van der Waals surface area (Å²) in [6, 6.07) is 22.3. The number of methoxy groups -OCH3 is 1. The maximum Gasteiger partial charge on any atom is 0.269 e. The van der Waals surface area contributed by atoms with Gasteiger partial charge in [-0.15, -0.1) is 0 Å². The first-order valence-corrected chi connectivity index (χ1v) is 10.2. The van der Waals surface area contributed by atoms with Gasteiger partial charge in [0.1, 0.15) is 11.4 Å². The smallest absolute Gasteiger partial charge is 0.269 e. The largest absolute Gasteiger partial charge is 0.497 e. The minimum Gasteiger partial charge on any atom is -0.497 e. The van der Waals surface area contributed by atoms with Crippen LogP contribution in [0.15, 0.2) is 79.0 Å². The summed E-state index contributed by atoms with van der Waals surface area (Å²) in [5.74, 6) is 0.332. The summed E-state index contributed by atoms with van der Waals surface area (Å²) in [5, 5.41) is 2.91. The topological polar surface area (TPSA) is 71.5 Å². The van der Waals surface area contributed by atoms with Crippen LogP contribution in [-0.2, 0) is 6.42 Å². The fraction of sp³-hybridized carbons (Fsp3) is 0.240. The predicted molar refractivity (Wildman–Crippen MR) is 120 cm³/mol. The van der Waals surface area contributed by atoms with Crippen molar-refractivity contribution in [2.75, 3.05) is 20.7 Å². The van der Waals surface area contributed by atoms with Gasteiger partial charge in [-0.2, -0.15) is 0 Å². The first kappa shape index (κ1) is 22.0. The number of carbonyl (C=O) groups is 2. The Hall–Kier alpha value is -3.67. The van der Waals surface area contributed by atoms with Crippen molar-refractivity contribution in [2.24, 2.45) is 0 Å². The molecule has 1 atom stereocenters. The summed E-state index contributed by atoms with van der Waals surface area (Å²) in [5.41, 5.74) is 2.08. The summed E-state index contributed by atoms with van der Waals surface area (Å²) in [4.78, 5) is 31.3. The number of nitrogens with one attached hydrogen (secondary N) is 1. The zero-order chi connectivity index (χ0) is 22.1. The Morgan fingerprint density at radius 2 is 1.81 bits per heavy atom. The molecule has 31 heavy (non-hydrogen) atoms. The highest BCUT2D eigenvalue weighted by Crippen LogP contribution is 2.18. The molecule has 0 aliphatic rings. The molecule has 0 bridgehead atoms. The lowest BCUT2D eigenvalue weighted by Crippen LogP contribution is -2.41. The molecule has 0 radical (unpaired) electrons. The Kier molecular flexibility index (Phi) is 7.76. The van der Waals surface area contributed by atoms with E-state index in [-0.39, 0.29) is 17.9 Å². The molecular weight excluding hydrogens is 390 g/mol. The van der Waals surface area contributed by atoms with E-state index in [4.69, 9.17) is 4.74 Å². The zero-order valence-electron chi connectivity index (χ0n) is 17.8. The van der Waals surface area contributed by atoms with Gasteiger partial charge >= 0.3 is 0 Å². The van der Waals surface area contributed by atoms with E-state index in [9.17, 15) is 9.59 Å². The summed E-state index contributed by atoms with van der Waals surface area (Å²) in [6.45, 7) is 0.433. The van der Waals surface area contributed by atoms with Crippen LogP contribution >= 0.6 is 0 Å². The zero-order valence-corrected chi connectivity index (χ0v) is 17.8. The first-order chi connectivity index (χ1) is 15.1. The average Bonchev–Trinajstić information content (AvgIpc) is 2.83. The molecule has 0 unspecified atom stereocenters. The SMILES string of the molecule is COc1cccc(C(=O)N(C)[C@H](CCNC(=O)c2ccccn2)Cc2ccccc2)c1. The van der Waals surface area contributed by atoms with Crippen molar-refractivity contribution in [1.82, 2.24) is 15.2 Å². The van der Waals surface area contributed by atoms with E-state index in [0.717, 1.165) is 5.56 Å². The van der Waals surface area contributed by atoms with Crippen molar-refractivity contribution < 1.29 is 14.3 Å². The molecule has 1 heterocycles. The molecule has 0 saturated heterocycles. The predicted octanol–water partition coefficient (Wildman–Crippen LogP) is 3.59. The molecule has 0 fully saturated rings. The van der Waals surface area contributed by atoms with Crippen molar-refractivity contribution >= 4 is 11.8 Å². The summed E-state index contributed by atoms with van der Waals surface area (Å²) >= 11 is 0. The maximum atomic E-state index is 13.1. The van der Waals surface area contributed by atoms with Crippen LogP contribution < -0.4 is 10.1 Å². The standard InChI is InChI=1S/C25H27N3O3/c1-28(25(30)20-11-8-12-22(18-20)31-2)21(17-19-9-4-3-5-10-19)14-16-27-24(29)23-13-6-7-15-26-23/h3-13,15,18,21H,14,16-17H2,1-2H3,(H,27,29)/t21-/m1/s1. The lowest BCUT2D eigenvalue weighted by atomic mass is 10.0. The van der Waals surface area contributed by atoms with Crippen LogP contribution in [0.5, 0.6) is 5.75 Å². The third-order valence-corrected chi connectivity index (χ3v) is 5.16. The molecule has 0 saturated carbocycles. The Morgan fingerprint density at radius 3 is 2.52 bits per heavy atom. The van der Waals surface area contributed by atoms with E-state index in [1.165, 1.54) is 0 Å². The number of likely N-dealkylation sites (N-methyl/N-ethyl adjacent to an activating group) is 1. The molecule has 6 heteroatoms. The number of hydrogen-bond acceptors (Lipinski definition) is 4. The molecule has 0 spiro atoms. The molecule has 3 rings (SSSR count). The van der Waals surface area contributed by atoms with Crippen LogP contribution in [0.3, 0.4) is 0 Å². The molecule has 0 aliphatic heterocycles. The number of nitrogens with zero attached hydrogens (tertiary/aromatic N) is 2. The van der Waals surface area contributed by atoms with Crippen molar-refractivity contribution in [1.29, 1.82) is 0 Å². The molecule has 2 amide bonds. The number of benzene rings is 2. The van der Waals surface area contributed by atoms with Crippen molar-refractivity contribution in [2.45, 2.75) is 18.9 Å². The monoisotopic (exact) mass is 417 g/mol. The summed E-state index contributed by atoms with van der Waals surface area (Å²) in [6.07, 6.45) is 2.89. The number of ether oxygens (including phenoxy) is 1. The number of rotatable bonds is 9. The molecule has 3 aromatic rings. The van der Waals surface area contributed by atoms with Crippen LogP contribution in [0.4, 0.5) is 0 Å². The summed E-state index contributed by atoms with van der Waals surface area (Å²) < 4.78 is 5.25. The van der Waals surface area contributed by atoms with E-state index < -0.39 is 0 Å². The second-order valence-electron chi connectivity index (χ2n) is 7.25. The van der Waals surface area contributed by atoms with Crippen LogP contribution in [-0.4, -0.2) is 48.4 Å². The Balaban J connectivity index is 1.70. The third kappa shape index (κ3) is 6.15. The van der Waals surface area contributed by atoms with E-state index in [1.54, 1.807) is 61.7 Å². The van der Waals surface area contributed by atoms with E-state index in [1.807, 2.05) is 36.4 Å². The number of pyridine rings is 1. The molecule has 160 valence electrons. The van der Waals surface area contributed by atoms with Gasteiger partial charge < -0.3 is 15.0 Å². The highest BCUT2D eigenvalue weighted by atomic mass is 16.5. The van der Waals surface area contributed by atoms with Crippen molar-refractivity contribution in [3.05, 3.63) is 95.8 Å². The van der Waals surface area contributed by atoms with Crippen LogP contribution in [0.2, 0.25) is 0 Å². The van der Waals surface area contributed by atoms with Gasteiger partial charge in [-0.25, -0.2) is 0 Å². The minimum absolute atomic E-state index is 0.0871. The Morgan fingerprint density at radius 1 is 1.03 bits per heavy atom. The Bertz CT molecular complexity index is 993. The maximum absolute atomic E-state index is 13.1. The number of amides is 2. The van der Waals surface area contributed by atoms with E-state index in [0.29, 0.717) is 36.4 Å². The quantitative estimate of drug-likeness (QED) is 0.578. The summed E-state index contributed by atoms with van der Waals surface area (Å²) in [7, 11) is 3.38. The molecular formula is C25H27N3O3. The highest BCUT2D eigenvalue weighted by molar-refractivity contribution is 5.94. The lowest BCUT2D eigenvalue weighted by Gasteiger charge is -2.29. The van der Waals surface area contributed by atoms with Gasteiger partial charge in [-0.1, -0.05) is 42.5 Å². The number of hydrogen-bond donors (Lipinski definition) is 1. The minimum atomic E-state index is -0.221. The second kappa shape index (κ2) is 10.9. The van der Waals surface area contributed by atoms with Crippen LogP contribution in [0.25, 0.3) is 0 Å². The van der Waals surface area contributed by atoms with Gasteiger partial charge in [0.15, 0.2) is 0 Å². The van der Waals surface area contributed by atoms with E-state index >= 15 is 0 Å². The number of carbonyl (C=O) groups excluding carboxylic acids is 2. The van der Waals surface area contributed by atoms with E-state index in [2.05, 4.69) is 10.3 Å². The fourth-order valence-electron chi connectivity index (χ4n) is 3.38. The first-order valence-electron chi connectivity index (χ1n) is 10.2. The van der Waals surface area contributed by atoms with Gasteiger partial charge in [-0.05, 0) is 48.7 Å². The van der Waals surface area contributed by atoms with Gasteiger partial charge in [-0.3, -0.25) is 14.6 Å². The average molecular weight is 418 g/mol. The van der Waals surface area contributed by atoms with Crippen molar-refractivity contribution in [3.63, 3.8) is 0 Å². The second-order valence-corrected chi connectivity index (χ2v) is 7.25. The Labute approximate surface area is 182 Å². The number of aromatic nitrogens is 1. The van der Waals surface area contributed by atoms with Gasteiger partial charge in [0, 0.05) is 31.4 Å². The third-order valence-electron chi connectivity index (χ3n) is 5.16. The normalized spacial score (nSPS) is 11.4. The fourth-order valence-corrected chi connectivity index (χ4v) is 3.38. The highest BCUT2D eigenvalue weighted by Gasteiger charge is 2.22. The molecule has 1 N–H and O–H groups in total. The molecule has 1 aromatic heterocycles. The van der Waals surface area contributed by atoms with Crippen LogP contribution in [0.1, 0.15) is 32.8 Å². The van der Waals surface area contributed by atoms with Crippen molar-refractivity contribution in [3.8, 4) is 5.75 Å². The van der Waals surface area contributed by atoms with Gasteiger partial charge in [0.2, 0.25) is 0 Å². The molecule has 0 aliphatic carbocycles. The van der Waals surface area contributed by atoms with Gasteiger partial charge in [0.05, 0.1) is 7.11 Å². The molecule has 6 nitrogen and oxygen atoms in total. The molecule has 2 aromatic carbocycles. The van der Waals surface area contributed by atoms with Gasteiger partial charge in [0.25, 0.3) is 11.8 Å².